The van der Waals surface area contributed by atoms with E-state index in [4.69, 9.17) is 0 Å². The average molecular weight is 286 g/mol. The van der Waals surface area contributed by atoms with E-state index in [1.165, 1.54) is 12.1 Å². The maximum atomic E-state index is 12.8. The molecule has 2 rings (SSSR count). The van der Waals surface area contributed by atoms with E-state index in [9.17, 15) is 12.8 Å². The number of anilines is 1. The molecule has 4 nitrogen and oxygen atoms in total. The van der Waals surface area contributed by atoms with Gasteiger partial charge < -0.3 is 5.32 Å². The number of piperidine rings is 1. The maximum absolute atomic E-state index is 12.8. The fourth-order valence-corrected chi connectivity index (χ4v) is 3.38. The molecule has 1 aromatic rings. The van der Waals surface area contributed by atoms with Crippen LogP contribution in [0.4, 0.5) is 10.1 Å². The largest absolute Gasteiger partial charge is 0.382 e. The summed E-state index contributed by atoms with van der Waals surface area (Å²) in [6, 6.07) is 6.47. The van der Waals surface area contributed by atoms with Crippen molar-refractivity contribution in [2.75, 3.05) is 24.2 Å². The molecule has 1 N–H and O–H groups in total. The molecule has 1 saturated heterocycles. The summed E-state index contributed by atoms with van der Waals surface area (Å²) in [5.74, 6) is -0.0994. The van der Waals surface area contributed by atoms with Crippen molar-refractivity contribution >= 4 is 15.7 Å². The van der Waals surface area contributed by atoms with E-state index in [1.807, 2.05) is 0 Å². The SMILES string of the molecule is CCS(=O)(=O)N1CCC(Nc2ccc(F)cc2)CC1. The number of nitrogens with one attached hydrogen (secondary N) is 1. The first-order chi connectivity index (χ1) is 9.01. The second-order valence-corrected chi connectivity index (χ2v) is 6.98. The molecule has 1 aliphatic rings. The zero-order valence-electron chi connectivity index (χ0n) is 11.0. The van der Waals surface area contributed by atoms with Gasteiger partial charge >= 0.3 is 0 Å². The highest BCUT2D eigenvalue weighted by atomic mass is 32.2. The Kier molecular flexibility index (Phi) is 4.42. The Morgan fingerprint density at radius 2 is 1.84 bits per heavy atom. The molecule has 0 aromatic heterocycles. The fraction of sp³-hybridized carbons (Fsp3) is 0.538. The molecule has 1 aliphatic heterocycles. The molecule has 0 unspecified atom stereocenters. The van der Waals surface area contributed by atoms with Crippen molar-refractivity contribution in [3.8, 4) is 0 Å². The summed E-state index contributed by atoms with van der Waals surface area (Å²) in [6.07, 6.45) is 1.55. The van der Waals surface area contributed by atoms with Crippen LogP contribution >= 0.6 is 0 Å². The quantitative estimate of drug-likeness (QED) is 0.921. The molecular weight excluding hydrogens is 267 g/mol. The van der Waals surface area contributed by atoms with Crippen LogP contribution in [0.1, 0.15) is 19.8 Å². The molecule has 1 heterocycles. The molecule has 0 atom stereocenters. The van der Waals surface area contributed by atoms with Crippen LogP contribution in [0.2, 0.25) is 0 Å². The lowest BCUT2D eigenvalue weighted by Gasteiger charge is -2.31. The van der Waals surface area contributed by atoms with Gasteiger partial charge in [-0.1, -0.05) is 0 Å². The number of nitrogens with zero attached hydrogens (tertiary/aromatic N) is 1. The topological polar surface area (TPSA) is 49.4 Å². The van der Waals surface area contributed by atoms with Crippen molar-refractivity contribution in [2.45, 2.75) is 25.8 Å². The minimum atomic E-state index is -3.07. The summed E-state index contributed by atoms with van der Waals surface area (Å²) in [5, 5.41) is 3.31. The molecule has 0 radical (unpaired) electrons. The zero-order valence-corrected chi connectivity index (χ0v) is 11.8. The van der Waals surface area contributed by atoms with Crippen molar-refractivity contribution < 1.29 is 12.8 Å². The van der Waals surface area contributed by atoms with Crippen LogP contribution in [-0.4, -0.2) is 37.6 Å². The normalized spacial score (nSPS) is 18.4. The summed E-state index contributed by atoms with van der Waals surface area (Å²) < 4.78 is 37.8. The highest BCUT2D eigenvalue weighted by Gasteiger charge is 2.26. The van der Waals surface area contributed by atoms with Crippen molar-refractivity contribution in [1.29, 1.82) is 0 Å². The molecule has 0 aliphatic carbocycles. The van der Waals surface area contributed by atoms with Gasteiger partial charge in [0.1, 0.15) is 5.82 Å². The van der Waals surface area contributed by atoms with E-state index in [2.05, 4.69) is 5.32 Å². The first-order valence-corrected chi connectivity index (χ1v) is 8.12. The van der Waals surface area contributed by atoms with E-state index in [-0.39, 0.29) is 17.6 Å². The van der Waals surface area contributed by atoms with Gasteiger partial charge in [-0.05, 0) is 44.0 Å². The average Bonchev–Trinajstić information content (AvgIpc) is 2.42. The zero-order chi connectivity index (χ0) is 13.9. The minimum absolute atomic E-state index is 0.156. The number of hydrogen-bond acceptors (Lipinski definition) is 3. The molecule has 106 valence electrons. The van der Waals surface area contributed by atoms with Gasteiger partial charge in [-0.25, -0.2) is 17.1 Å². The highest BCUT2D eigenvalue weighted by molar-refractivity contribution is 7.89. The predicted octanol–water partition coefficient (Wildman–Crippen LogP) is 2.05. The Balaban J connectivity index is 1.89. The van der Waals surface area contributed by atoms with Crippen LogP contribution < -0.4 is 5.32 Å². The first-order valence-electron chi connectivity index (χ1n) is 6.51. The Labute approximate surface area is 113 Å². The lowest BCUT2D eigenvalue weighted by Crippen LogP contribution is -2.42. The van der Waals surface area contributed by atoms with E-state index in [1.54, 1.807) is 23.4 Å². The Hall–Kier alpha value is -1.14. The van der Waals surface area contributed by atoms with Gasteiger partial charge in [-0.2, -0.15) is 0 Å². The molecule has 0 amide bonds. The summed E-state index contributed by atoms with van der Waals surface area (Å²) in [4.78, 5) is 0. The van der Waals surface area contributed by atoms with E-state index >= 15 is 0 Å². The van der Waals surface area contributed by atoms with Crippen LogP contribution in [0, 0.1) is 5.82 Å². The second-order valence-electron chi connectivity index (χ2n) is 4.73. The van der Waals surface area contributed by atoms with Crippen LogP contribution in [0.25, 0.3) is 0 Å². The number of rotatable bonds is 4. The van der Waals surface area contributed by atoms with Crippen molar-refractivity contribution in [2.24, 2.45) is 0 Å². The Bertz CT molecular complexity index is 508. The molecule has 0 bridgehead atoms. The van der Waals surface area contributed by atoms with Crippen molar-refractivity contribution in [3.05, 3.63) is 30.1 Å². The molecular formula is C13H19FN2O2S. The molecule has 1 aromatic carbocycles. The third-order valence-corrected chi connectivity index (χ3v) is 5.31. The molecule has 1 fully saturated rings. The fourth-order valence-electron chi connectivity index (χ4n) is 2.24. The van der Waals surface area contributed by atoms with Crippen LogP contribution in [0.3, 0.4) is 0 Å². The number of hydrogen-bond donors (Lipinski definition) is 1. The number of sulfonamides is 1. The molecule has 19 heavy (non-hydrogen) atoms. The summed E-state index contributed by atoms with van der Waals surface area (Å²) >= 11 is 0. The maximum Gasteiger partial charge on any atom is 0.213 e. The van der Waals surface area contributed by atoms with Gasteiger partial charge in [0.2, 0.25) is 10.0 Å². The molecule has 6 heteroatoms. The Morgan fingerprint density at radius 3 is 2.37 bits per heavy atom. The third kappa shape index (κ3) is 3.67. The van der Waals surface area contributed by atoms with Crippen LogP contribution in [0.15, 0.2) is 24.3 Å². The van der Waals surface area contributed by atoms with Gasteiger partial charge in [0.15, 0.2) is 0 Å². The molecule has 0 saturated carbocycles. The predicted molar refractivity (Wildman–Crippen MR) is 74.1 cm³/mol. The summed E-state index contributed by atoms with van der Waals surface area (Å²) in [5.41, 5.74) is 0.873. The second kappa shape index (κ2) is 5.88. The summed E-state index contributed by atoms with van der Waals surface area (Å²) in [7, 11) is -3.07. The first kappa shape index (κ1) is 14.3. The lowest BCUT2D eigenvalue weighted by atomic mass is 10.1. The van der Waals surface area contributed by atoms with Crippen LogP contribution in [0.5, 0.6) is 0 Å². The summed E-state index contributed by atoms with van der Waals surface area (Å²) in [6.45, 7) is 2.77. The lowest BCUT2D eigenvalue weighted by molar-refractivity contribution is 0.330. The Morgan fingerprint density at radius 1 is 1.26 bits per heavy atom. The van der Waals surface area contributed by atoms with E-state index < -0.39 is 10.0 Å². The third-order valence-electron chi connectivity index (χ3n) is 3.43. The number of benzene rings is 1. The minimum Gasteiger partial charge on any atom is -0.382 e. The van der Waals surface area contributed by atoms with Gasteiger partial charge in [0.05, 0.1) is 5.75 Å². The van der Waals surface area contributed by atoms with E-state index in [0.717, 1.165) is 18.5 Å². The van der Waals surface area contributed by atoms with Gasteiger partial charge in [-0.15, -0.1) is 0 Å². The van der Waals surface area contributed by atoms with Gasteiger partial charge in [0.25, 0.3) is 0 Å². The van der Waals surface area contributed by atoms with Crippen molar-refractivity contribution in [3.63, 3.8) is 0 Å². The number of halogens is 1. The van der Waals surface area contributed by atoms with Crippen molar-refractivity contribution in [1.82, 2.24) is 4.31 Å². The van der Waals surface area contributed by atoms with Gasteiger partial charge in [-0.3, -0.25) is 0 Å². The van der Waals surface area contributed by atoms with Gasteiger partial charge in [0, 0.05) is 24.8 Å². The smallest absolute Gasteiger partial charge is 0.213 e. The molecule has 0 spiro atoms. The standard InChI is InChI=1S/C13H19FN2O2S/c1-2-19(17,18)16-9-7-13(8-10-16)15-12-5-3-11(14)4-6-12/h3-6,13,15H,2,7-10H2,1H3. The van der Waals surface area contributed by atoms with Crippen LogP contribution in [-0.2, 0) is 10.0 Å². The highest BCUT2D eigenvalue weighted by Crippen LogP contribution is 2.19. The monoisotopic (exact) mass is 286 g/mol. The van der Waals surface area contributed by atoms with E-state index in [0.29, 0.717) is 13.1 Å².